The van der Waals surface area contributed by atoms with Crippen molar-refractivity contribution in [2.45, 2.75) is 22.9 Å². The van der Waals surface area contributed by atoms with Crippen LogP contribution in [0.2, 0.25) is 0 Å². The number of halogens is 3. The van der Waals surface area contributed by atoms with Crippen molar-refractivity contribution < 1.29 is 18.0 Å². The summed E-state index contributed by atoms with van der Waals surface area (Å²) in [5.41, 5.74) is 6.89. The smallest absolute Gasteiger partial charge is 0.370 e. The Bertz CT molecular complexity index is 392. The fraction of sp³-hybridized carbons (Fsp3) is 0.300. The molecule has 0 saturated heterocycles. The first-order chi connectivity index (χ1) is 7.78. The third-order valence-corrected chi connectivity index (χ3v) is 2.70. The molecule has 0 aliphatic rings. The monoisotopic (exact) mass is 264 g/mol. The van der Waals surface area contributed by atoms with Gasteiger partial charge in [-0.15, -0.1) is 0 Å². The first kappa shape index (κ1) is 13.9. The van der Waals surface area contributed by atoms with Crippen molar-refractivity contribution in [2.24, 2.45) is 11.5 Å². The highest BCUT2D eigenvalue weighted by molar-refractivity contribution is 8.00. The molecule has 17 heavy (non-hydrogen) atoms. The first-order valence-corrected chi connectivity index (χ1v) is 5.49. The molecular formula is C10H11F3N2OS. The van der Waals surface area contributed by atoms with Crippen molar-refractivity contribution in [1.29, 1.82) is 0 Å². The second-order valence-electron chi connectivity index (χ2n) is 3.39. The molecule has 0 heterocycles. The van der Waals surface area contributed by atoms with Crippen LogP contribution in [-0.2, 0) is 4.79 Å². The van der Waals surface area contributed by atoms with Crippen LogP contribution in [0.15, 0.2) is 29.2 Å². The summed E-state index contributed by atoms with van der Waals surface area (Å²) in [5, 5.41) is 0. The quantitative estimate of drug-likeness (QED) is 0.819. The van der Waals surface area contributed by atoms with Crippen molar-refractivity contribution >= 4 is 17.7 Å². The molecule has 1 atom stereocenters. The molecule has 0 bridgehead atoms. The lowest BCUT2D eigenvalue weighted by atomic mass is 10.0. The highest BCUT2D eigenvalue weighted by Crippen LogP contribution is 2.36. The molecule has 3 nitrogen and oxygen atoms in total. The molecule has 0 spiro atoms. The Morgan fingerprint density at radius 3 is 2.24 bits per heavy atom. The van der Waals surface area contributed by atoms with Crippen LogP contribution >= 0.6 is 11.8 Å². The van der Waals surface area contributed by atoms with Gasteiger partial charge in [0.1, 0.15) is 0 Å². The summed E-state index contributed by atoms with van der Waals surface area (Å²) in [6.07, 6.45) is -0.0360. The Hall–Kier alpha value is -1.21. The van der Waals surface area contributed by atoms with E-state index >= 15 is 0 Å². The lowest BCUT2D eigenvalue weighted by Crippen LogP contribution is -2.20. The summed E-state index contributed by atoms with van der Waals surface area (Å²) in [6, 6.07) is 4.96. The zero-order valence-corrected chi connectivity index (χ0v) is 9.52. The van der Waals surface area contributed by atoms with Gasteiger partial charge in [-0.25, -0.2) is 0 Å². The minimum atomic E-state index is -4.31. The van der Waals surface area contributed by atoms with Crippen LogP contribution in [-0.4, -0.2) is 11.4 Å². The molecule has 0 aliphatic heterocycles. The topological polar surface area (TPSA) is 69.1 Å². The van der Waals surface area contributed by atoms with Crippen molar-refractivity contribution in [1.82, 2.24) is 0 Å². The summed E-state index contributed by atoms with van der Waals surface area (Å²) >= 11 is -0.197. The third kappa shape index (κ3) is 5.10. The van der Waals surface area contributed by atoms with Crippen molar-refractivity contribution in [3.8, 4) is 0 Å². The molecule has 0 aromatic heterocycles. The molecule has 7 heteroatoms. The summed E-state index contributed by atoms with van der Waals surface area (Å²) in [5.74, 6) is -0.550. The fourth-order valence-corrected chi connectivity index (χ4v) is 1.79. The van der Waals surface area contributed by atoms with Gasteiger partial charge in [0.2, 0.25) is 5.91 Å². The first-order valence-electron chi connectivity index (χ1n) is 4.67. The van der Waals surface area contributed by atoms with Crippen molar-refractivity contribution in [3.05, 3.63) is 29.8 Å². The molecule has 0 radical (unpaired) electrons. The number of primary amides is 1. The lowest BCUT2D eigenvalue weighted by Gasteiger charge is -2.11. The van der Waals surface area contributed by atoms with Crippen LogP contribution in [0.1, 0.15) is 18.0 Å². The van der Waals surface area contributed by atoms with E-state index in [1.807, 2.05) is 0 Å². The molecular weight excluding hydrogens is 253 g/mol. The van der Waals surface area contributed by atoms with E-state index in [1.165, 1.54) is 24.3 Å². The van der Waals surface area contributed by atoms with Gasteiger partial charge in [0.25, 0.3) is 0 Å². The Kier molecular flexibility index (Phi) is 4.41. The number of hydrogen-bond donors (Lipinski definition) is 2. The summed E-state index contributed by atoms with van der Waals surface area (Å²) < 4.78 is 36.1. The summed E-state index contributed by atoms with van der Waals surface area (Å²) in [4.78, 5) is 10.7. The zero-order valence-electron chi connectivity index (χ0n) is 8.70. The molecule has 4 N–H and O–H groups in total. The second kappa shape index (κ2) is 5.42. The molecule has 1 aromatic rings. The average Bonchev–Trinajstić information content (AvgIpc) is 2.15. The maximum atomic E-state index is 12.0. The number of thioether (sulfide) groups is 1. The van der Waals surface area contributed by atoms with E-state index in [1.54, 1.807) is 0 Å². The SMILES string of the molecule is NC(=O)CC(N)c1ccc(SC(F)(F)F)cc1. The van der Waals surface area contributed by atoms with E-state index in [4.69, 9.17) is 11.5 Å². The Morgan fingerprint density at radius 2 is 1.82 bits per heavy atom. The Morgan fingerprint density at radius 1 is 1.29 bits per heavy atom. The van der Waals surface area contributed by atoms with Gasteiger partial charge in [-0.1, -0.05) is 12.1 Å². The predicted molar refractivity (Wildman–Crippen MR) is 59.1 cm³/mol. The molecule has 0 saturated carbocycles. The van der Waals surface area contributed by atoms with E-state index in [0.717, 1.165) is 0 Å². The van der Waals surface area contributed by atoms with Crippen molar-refractivity contribution in [2.75, 3.05) is 0 Å². The number of carbonyl (C=O) groups excluding carboxylic acids is 1. The van der Waals surface area contributed by atoms with Crippen LogP contribution in [0.5, 0.6) is 0 Å². The molecule has 1 rings (SSSR count). The summed E-state index contributed by atoms with van der Waals surface area (Å²) in [7, 11) is 0. The van der Waals surface area contributed by atoms with Crippen molar-refractivity contribution in [3.63, 3.8) is 0 Å². The number of hydrogen-bond acceptors (Lipinski definition) is 3. The van der Waals surface area contributed by atoms with Crippen LogP contribution in [0.25, 0.3) is 0 Å². The fourth-order valence-electron chi connectivity index (χ4n) is 1.25. The van der Waals surface area contributed by atoms with Gasteiger partial charge in [-0.2, -0.15) is 13.2 Å². The normalized spacial score (nSPS) is 13.4. The zero-order chi connectivity index (χ0) is 13.1. The van der Waals surface area contributed by atoms with Gasteiger partial charge >= 0.3 is 5.51 Å². The third-order valence-electron chi connectivity index (χ3n) is 1.96. The number of alkyl halides is 3. The summed E-state index contributed by atoms with van der Waals surface area (Å²) in [6.45, 7) is 0. The van der Waals surface area contributed by atoms with Crippen LogP contribution in [0.3, 0.4) is 0 Å². The molecule has 1 aromatic carbocycles. The second-order valence-corrected chi connectivity index (χ2v) is 4.53. The number of benzene rings is 1. The molecule has 1 amide bonds. The van der Waals surface area contributed by atoms with Crippen LogP contribution < -0.4 is 11.5 Å². The number of carbonyl (C=O) groups is 1. The molecule has 0 aliphatic carbocycles. The van der Waals surface area contributed by atoms with Gasteiger partial charge in [0, 0.05) is 17.4 Å². The van der Waals surface area contributed by atoms with Crippen LogP contribution in [0, 0.1) is 0 Å². The number of amides is 1. The molecule has 94 valence electrons. The van der Waals surface area contributed by atoms with Gasteiger partial charge < -0.3 is 11.5 Å². The number of rotatable bonds is 4. The van der Waals surface area contributed by atoms with E-state index < -0.39 is 17.5 Å². The Balaban J connectivity index is 2.71. The lowest BCUT2D eigenvalue weighted by molar-refractivity contribution is -0.118. The standard InChI is InChI=1S/C10H11F3N2OS/c11-10(12,13)17-7-3-1-6(2-4-7)8(14)5-9(15)16/h1-4,8H,5,14H2,(H2,15,16). The van der Waals surface area contributed by atoms with E-state index in [9.17, 15) is 18.0 Å². The maximum absolute atomic E-state index is 12.0. The minimum Gasteiger partial charge on any atom is -0.370 e. The predicted octanol–water partition coefficient (Wildman–Crippen LogP) is 2.17. The van der Waals surface area contributed by atoms with Gasteiger partial charge in [-0.3, -0.25) is 4.79 Å². The number of nitrogens with two attached hydrogens (primary N) is 2. The molecule has 0 fully saturated rings. The van der Waals surface area contributed by atoms with Gasteiger partial charge in [0.15, 0.2) is 0 Å². The molecule has 1 unspecified atom stereocenters. The minimum absolute atomic E-state index is 0.0360. The average molecular weight is 264 g/mol. The van der Waals surface area contributed by atoms with E-state index in [2.05, 4.69) is 0 Å². The van der Waals surface area contributed by atoms with E-state index in [0.29, 0.717) is 5.56 Å². The highest BCUT2D eigenvalue weighted by Gasteiger charge is 2.29. The maximum Gasteiger partial charge on any atom is 0.446 e. The largest absolute Gasteiger partial charge is 0.446 e. The Labute approximate surface area is 100 Å². The van der Waals surface area contributed by atoms with Crippen LogP contribution in [0.4, 0.5) is 13.2 Å². The van der Waals surface area contributed by atoms with Gasteiger partial charge in [0.05, 0.1) is 0 Å². The van der Waals surface area contributed by atoms with E-state index in [-0.39, 0.29) is 23.1 Å². The highest BCUT2D eigenvalue weighted by atomic mass is 32.2. The van der Waals surface area contributed by atoms with Gasteiger partial charge in [-0.05, 0) is 29.5 Å².